The average molecular weight is 373 g/mol. The smallest absolute Gasteiger partial charge is 0.255 e. The number of hydrogen-bond acceptors (Lipinski definition) is 3. The number of benzene rings is 2. The van der Waals surface area contributed by atoms with Crippen LogP contribution in [0.5, 0.6) is 5.75 Å². The van der Waals surface area contributed by atoms with Crippen LogP contribution in [0, 0.1) is 0 Å². The molecule has 2 amide bonds. The highest BCUT2D eigenvalue weighted by Gasteiger charge is 2.35. The summed E-state index contributed by atoms with van der Waals surface area (Å²) in [5, 5.41) is 3.37. The molecule has 1 atom stereocenters. The van der Waals surface area contributed by atoms with E-state index < -0.39 is 6.04 Å². The molecule has 5 nitrogen and oxygen atoms in total. The Kier molecular flexibility index (Phi) is 5.47. The van der Waals surface area contributed by atoms with Gasteiger partial charge in [-0.3, -0.25) is 9.59 Å². The summed E-state index contributed by atoms with van der Waals surface area (Å²) >= 11 is 6.04. The van der Waals surface area contributed by atoms with Crippen molar-refractivity contribution in [3.63, 3.8) is 0 Å². The predicted octanol–water partition coefficient (Wildman–Crippen LogP) is 4.11. The Morgan fingerprint density at radius 3 is 2.77 bits per heavy atom. The molecule has 6 heteroatoms. The number of halogens is 1. The number of carbonyl (C=O) groups is 2. The van der Waals surface area contributed by atoms with Gasteiger partial charge in [0.2, 0.25) is 5.91 Å². The summed E-state index contributed by atoms with van der Waals surface area (Å²) in [6, 6.07) is 12.0. The molecule has 0 saturated heterocycles. The van der Waals surface area contributed by atoms with Gasteiger partial charge in [0, 0.05) is 17.1 Å². The van der Waals surface area contributed by atoms with E-state index in [1.807, 2.05) is 25.1 Å². The van der Waals surface area contributed by atoms with E-state index in [2.05, 4.69) is 5.32 Å². The number of methoxy groups -OCH3 is 1. The molecule has 3 rings (SSSR count). The Morgan fingerprint density at radius 1 is 1.31 bits per heavy atom. The van der Waals surface area contributed by atoms with Crippen molar-refractivity contribution in [2.75, 3.05) is 12.4 Å². The Balaban J connectivity index is 1.84. The van der Waals surface area contributed by atoms with Crippen LogP contribution in [-0.2, 0) is 11.3 Å². The number of hydrogen-bond donors (Lipinski definition) is 1. The molecular formula is C20H21ClN2O3. The van der Waals surface area contributed by atoms with Crippen molar-refractivity contribution in [2.45, 2.75) is 32.4 Å². The highest BCUT2D eigenvalue weighted by atomic mass is 35.5. The SMILES string of the molecule is CCCC(C(=O)Nc1cc(Cl)ccc1OC)N1Cc2ccccc2C1=O. The van der Waals surface area contributed by atoms with Crippen LogP contribution in [0.4, 0.5) is 5.69 Å². The molecule has 1 aliphatic rings. The van der Waals surface area contributed by atoms with Gasteiger partial charge in [-0.15, -0.1) is 0 Å². The molecule has 136 valence electrons. The molecule has 1 unspecified atom stereocenters. The molecule has 0 bridgehead atoms. The lowest BCUT2D eigenvalue weighted by molar-refractivity contribution is -0.120. The molecule has 0 aliphatic carbocycles. The standard InChI is InChI=1S/C20H21ClN2O3/c1-3-6-17(23-12-13-7-4-5-8-15(13)20(23)25)19(24)22-16-11-14(21)9-10-18(16)26-2/h4-5,7-11,17H,3,6,12H2,1-2H3,(H,22,24). The van der Waals surface area contributed by atoms with Crippen LogP contribution in [0.25, 0.3) is 0 Å². The lowest BCUT2D eigenvalue weighted by Crippen LogP contribution is -2.44. The molecule has 0 radical (unpaired) electrons. The van der Waals surface area contributed by atoms with Crippen molar-refractivity contribution in [1.29, 1.82) is 0 Å². The van der Waals surface area contributed by atoms with E-state index in [0.717, 1.165) is 12.0 Å². The maximum atomic E-state index is 13.0. The van der Waals surface area contributed by atoms with E-state index in [0.29, 0.717) is 35.0 Å². The highest BCUT2D eigenvalue weighted by molar-refractivity contribution is 6.31. The van der Waals surface area contributed by atoms with E-state index in [1.165, 1.54) is 7.11 Å². The molecule has 1 heterocycles. The van der Waals surface area contributed by atoms with Gasteiger partial charge in [0.1, 0.15) is 11.8 Å². The van der Waals surface area contributed by atoms with Crippen molar-refractivity contribution in [2.24, 2.45) is 0 Å². The van der Waals surface area contributed by atoms with E-state index in [4.69, 9.17) is 16.3 Å². The van der Waals surface area contributed by atoms with Crippen molar-refractivity contribution in [1.82, 2.24) is 4.90 Å². The fraction of sp³-hybridized carbons (Fsp3) is 0.300. The maximum Gasteiger partial charge on any atom is 0.255 e. The van der Waals surface area contributed by atoms with Gasteiger partial charge in [0.05, 0.1) is 12.8 Å². The average Bonchev–Trinajstić information content (AvgIpc) is 2.96. The zero-order valence-electron chi connectivity index (χ0n) is 14.8. The third-order valence-corrected chi connectivity index (χ3v) is 4.74. The van der Waals surface area contributed by atoms with E-state index >= 15 is 0 Å². The van der Waals surface area contributed by atoms with Crippen LogP contribution in [-0.4, -0.2) is 29.9 Å². The second-order valence-electron chi connectivity index (χ2n) is 6.23. The summed E-state index contributed by atoms with van der Waals surface area (Å²) < 4.78 is 5.28. The summed E-state index contributed by atoms with van der Waals surface area (Å²) in [6.07, 6.45) is 1.36. The topological polar surface area (TPSA) is 58.6 Å². The Hall–Kier alpha value is -2.53. The van der Waals surface area contributed by atoms with Crippen LogP contribution in [0.15, 0.2) is 42.5 Å². The number of anilines is 1. The van der Waals surface area contributed by atoms with Gasteiger partial charge in [-0.25, -0.2) is 0 Å². The fourth-order valence-corrected chi connectivity index (χ4v) is 3.40. The van der Waals surface area contributed by atoms with Gasteiger partial charge < -0.3 is 15.0 Å². The van der Waals surface area contributed by atoms with Crippen molar-refractivity contribution >= 4 is 29.1 Å². The summed E-state index contributed by atoms with van der Waals surface area (Å²) in [5.74, 6) is 0.176. The molecule has 1 aliphatic heterocycles. The third-order valence-electron chi connectivity index (χ3n) is 4.51. The minimum atomic E-state index is -0.552. The van der Waals surface area contributed by atoms with Crippen LogP contribution < -0.4 is 10.1 Å². The van der Waals surface area contributed by atoms with E-state index in [1.54, 1.807) is 29.2 Å². The van der Waals surface area contributed by atoms with Crippen LogP contribution >= 0.6 is 11.6 Å². The number of ether oxygens (including phenoxy) is 1. The minimum Gasteiger partial charge on any atom is -0.495 e. The molecule has 0 saturated carbocycles. The number of fused-ring (bicyclic) bond motifs is 1. The molecule has 0 spiro atoms. The summed E-state index contributed by atoms with van der Waals surface area (Å²) in [7, 11) is 1.53. The molecule has 0 aromatic heterocycles. The maximum absolute atomic E-state index is 13.0. The van der Waals surface area contributed by atoms with Crippen LogP contribution in [0.1, 0.15) is 35.7 Å². The summed E-state index contributed by atoms with van der Waals surface area (Å²) in [6.45, 7) is 2.44. The van der Waals surface area contributed by atoms with Crippen molar-refractivity contribution < 1.29 is 14.3 Å². The predicted molar refractivity (Wildman–Crippen MR) is 102 cm³/mol. The van der Waals surface area contributed by atoms with Gasteiger partial charge in [-0.2, -0.15) is 0 Å². The van der Waals surface area contributed by atoms with Crippen molar-refractivity contribution in [3.8, 4) is 5.75 Å². The molecule has 1 N–H and O–H groups in total. The van der Waals surface area contributed by atoms with Gasteiger partial charge in [0.25, 0.3) is 5.91 Å². The summed E-state index contributed by atoms with van der Waals surface area (Å²) in [5.41, 5.74) is 2.11. The van der Waals surface area contributed by atoms with Gasteiger partial charge in [0.15, 0.2) is 0 Å². The first-order chi connectivity index (χ1) is 12.5. The molecule has 2 aromatic rings. The zero-order chi connectivity index (χ0) is 18.7. The second-order valence-corrected chi connectivity index (χ2v) is 6.66. The minimum absolute atomic E-state index is 0.104. The largest absolute Gasteiger partial charge is 0.495 e. The quantitative estimate of drug-likeness (QED) is 0.830. The van der Waals surface area contributed by atoms with E-state index in [-0.39, 0.29) is 11.8 Å². The van der Waals surface area contributed by atoms with Crippen LogP contribution in [0.3, 0.4) is 0 Å². The number of rotatable bonds is 6. The lowest BCUT2D eigenvalue weighted by atomic mass is 10.1. The monoisotopic (exact) mass is 372 g/mol. The van der Waals surface area contributed by atoms with Crippen LogP contribution in [0.2, 0.25) is 5.02 Å². The molecular weight excluding hydrogens is 352 g/mol. The van der Waals surface area contributed by atoms with Crippen molar-refractivity contribution in [3.05, 3.63) is 58.6 Å². The van der Waals surface area contributed by atoms with E-state index in [9.17, 15) is 9.59 Å². The number of amides is 2. The number of nitrogens with zero attached hydrogens (tertiary/aromatic N) is 1. The molecule has 0 fully saturated rings. The summed E-state index contributed by atoms with van der Waals surface area (Å²) in [4.78, 5) is 27.3. The normalized spacial score (nSPS) is 14.1. The van der Waals surface area contributed by atoms with Gasteiger partial charge in [-0.1, -0.05) is 43.1 Å². The first-order valence-corrected chi connectivity index (χ1v) is 8.96. The number of nitrogens with one attached hydrogen (secondary N) is 1. The molecule has 2 aromatic carbocycles. The third kappa shape index (κ3) is 3.53. The number of carbonyl (C=O) groups excluding carboxylic acids is 2. The van der Waals surface area contributed by atoms with Gasteiger partial charge in [-0.05, 0) is 36.2 Å². The fourth-order valence-electron chi connectivity index (χ4n) is 3.22. The second kappa shape index (κ2) is 7.79. The first-order valence-electron chi connectivity index (χ1n) is 8.58. The molecule has 26 heavy (non-hydrogen) atoms. The highest BCUT2D eigenvalue weighted by Crippen LogP contribution is 2.30. The Bertz CT molecular complexity index is 838. The lowest BCUT2D eigenvalue weighted by Gasteiger charge is -2.27. The zero-order valence-corrected chi connectivity index (χ0v) is 15.5. The Morgan fingerprint density at radius 2 is 2.08 bits per heavy atom. The van der Waals surface area contributed by atoms with Gasteiger partial charge >= 0.3 is 0 Å². The first kappa shape index (κ1) is 18.3. The Labute approximate surface area is 157 Å².